The average Bonchev–Trinajstić information content (AvgIpc) is 2.59. The van der Waals surface area contributed by atoms with Crippen LogP contribution in [0.3, 0.4) is 0 Å². The molecule has 160 valence electrons. The van der Waals surface area contributed by atoms with E-state index >= 15 is 0 Å². The number of aliphatic hydroxyl groups excluding tert-OH is 1. The van der Waals surface area contributed by atoms with Gasteiger partial charge in [0, 0.05) is 11.4 Å². The van der Waals surface area contributed by atoms with Gasteiger partial charge < -0.3 is 10.4 Å². The molecular weight excluding hydrogens is 414 g/mol. The lowest BCUT2D eigenvalue weighted by Crippen LogP contribution is -2.28. The van der Waals surface area contributed by atoms with Gasteiger partial charge in [0.1, 0.15) is 11.6 Å². The molecule has 0 amide bonds. The van der Waals surface area contributed by atoms with Gasteiger partial charge in [-0.2, -0.15) is 9.97 Å². The number of nitrogens with one attached hydrogen (secondary N) is 1. The van der Waals surface area contributed by atoms with Gasteiger partial charge in [-0.25, -0.2) is 18.5 Å². The number of aliphatic hydroxyl groups is 1. The van der Waals surface area contributed by atoms with Gasteiger partial charge in [-0.05, 0) is 36.0 Å². The highest BCUT2D eigenvalue weighted by molar-refractivity contribution is 7.88. The molecule has 2 aromatic rings. The summed E-state index contributed by atoms with van der Waals surface area (Å²) >= 11 is 5.95. The van der Waals surface area contributed by atoms with E-state index in [0.29, 0.717) is 29.6 Å². The third kappa shape index (κ3) is 8.22. The van der Waals surface area contributed by atoms with Crippen LogP contribution < -0.4 is 10.5 Å². The third-order valence-corrected chi connectivity index (χ3v) is 5.21. The lowest BCUT2D eigenvalue weighted by Gasteiger charge is -2.19. The number of sulfonamides is 1. The lowest BCUT2D eigenvalue weighted by molar-refractivity contribution is 0.259. The molecule has 0 radical (unpaired) electrons. The number of nitrogens with zero attached hydrogens (tertiary/aromatic N) is 3. The zero-order valence-electron chi connectivity index (χ0n) is 16.8. The van der Waals surface area contributed by atoms with Crippen LogP contribution >= 0.6 is 11.6 Å². The fourth-order valence-electron chi connectivity index (χ4n) is 2.98. The highest BCUT2D eigenvalue weighted by atomic mass is 35.5. The van der Waals surface area contributed by atoms with E-state index in [4.69, 9.17) is 16.7 Å². The smallest absolute Gasteiger partial charge is 0.226 e. The largest absolute Gasteiger partial charge is 0.394 e. The summed E-state index contributed by atoms with van der Waals surface area (Å²) in [5.74, 6) is 0.704. The molecule has 2 rings (SSSR count). The summed E-state index contributed by atoms with van der Waals surface area (Å²) in [6.45, 7) is 6.02. The molecule has 4 N–H and O–H groups in total. The molecule has 8 nitrogen and oxygen atoms in total. The van der Waals surface area contributed by atoms with E-state index in [1.807, 2.05) is 45.0 Å². The molecule has 0 saturated carbocycles. The molecule has 0 aliphatic rings. The van der Waals surface area contributed by atoms with Crippen LogP contribution in [0.1, 0.15) is 50.3 Å². The van der Waals surface area contributed by atoms with E-state index in [1.54, 1.807) is 0 Å². The quantitative estimate of drug-likeness (QED) is 0.516. The second-order valence-corrected chi connectivity index (χ2v) is 9.66. The minimum absolute atomic E-state index is 0.0737. The van der Waals surface area contributed by atoms with Crippen LogP contribution in [0.25, 0.3) is 0 Å². The summed E-state index contributed by atoms with van der Waals surface area (Å²) in [5, 5.41) is 18.5. The van der Waals surface area contributed by atoms with E-state index in [9.17, 15) is 13.5 Å². The molecule has 10 heteroatoms. The van der Waals surface area contributed by atoms with Gasteiger partial charge in [-0.3, -0.25) is 0 Å². The van der Waals surface area contributed by atoms with Crippen molar-refractivity contribution in [2.24, 2.45) is 11.1 Å². The molecule has 0 aliphatic carbocycles. The van der Waals surface area contributed by atoms with E-state index in [2.05, 4.69) is 20.3 Å². The molecule has 1 aromatic carbocycles. The summed E-state index contributed by atoms with van der Waals surface area (Å²) in [6.07, 6.45) is 1.19. The van der Waals surface area contributed by atoms with Crippen LogP contribution in [0.15, 0.2) is 24.3 Å². The number of anilines is 1. The molecule has 0 fully saturated rings. The number of halogens is 1. The Morgan fingerprint density at radius 3 is 2.28 bits per heavy atom. The molecule has 1 heterocycles. The minimum Gasteiger partial charge on any atom is -0.394 e. The normalized spacial score (nSPS) is 14.0. The van der Waals surface area contributed by atoms with Crippen molar-refractivity contribution in [2.75, 3.05) is 11.9 Å². The summed E-state index contributed by atoms with van der Waals surface area (Å²) in [4.78, 5) is 12.9. The summed E-state index contributed by atoms with van der Waals surface area (Å²) in [7, 11) is -3.79. The SMILES string of the molecule is CC(C)C[C@H](CO)Nc1nc(C[C@H](C)c2ccc(Cl)cc2)nc(CS(N)(=O)=O)n1. The Balaban J connectivity index is 2.29. The number of rotatable bonds is 10. The van der Waals surface area contributed by atoms with E-state index in [0.717, 1.165) is 5.56 Å². The minimum atomic E-state index is -3.79. The topological polar surface area (TPSA) is 131 Å². The number of benzene rings is 1. The maximum atomic E-state index is 11.5. The van der Waals surface area contributed by atoms with Crippen molar-refractivity contribution < 1.29 is 13.5 Å². The van der Waals surface area contributed by atoms with Crippen molar-refractivity contribution in [3.63, 3.8) is 0 Å². The maximum absolute atomic E-state index is 11.5. The van der Waals surface area contributed by atoms with Crippen molar-refractivity contribution >= 4 is 27.6 Å². The van der Waals surface area contributed by atoms with Crippen LogP contribution in [0, 0.1) is 5.92 Å². The van der Waals surface area contributed by atoms with Crippen molar-refractivity contribution in [3.05, 3.63) is 46.5 Å². The van der Waals surface area contributed by atoms with Gasteiger partial charge in [0.25, 0.3) is 0 Å². The first-order valence-electron chi connectivity index (χ1n) is 9.43. The molecule has 0 bridgehead atoms. The fraction of sp³-hybridized carbons (Fsp3) is 0.526. The molecule has 2 atom stereocenters. The fourth-order valence-corrected chi connectivity index (χ4v) is 3.60. The molecule has 0 aliphatic heterocycles. The summed E-state index contributed by atoms with van der Waals surface area (Å²) < 4.78 is 23.1. The van der Waals surface area contributed by atoms with Crippen molar-refractivity contribution in [1.82, 2.24) is 15.0 Å². The molecule has 1 aromatic heterocycles. The molecule has 0 unspecified atom stereocenters. The van der Waals surface area contributed by atoms with Crippen LogP contribution in [0.5, 0.6) is 0 Å². The Labute approximate surface area is 177 Å². The Morgan fingerprint density at radius 2 is 1.72 bits per heavy atom. The first-order chi connectivity index (χ1) is 13.6. The Morgan fingerprint density at radius 1 is 1.10 bits per heavy atom. The van der Waals surface area contributed by atoms with Crippen molar-refractivity contribution in [3.8, 4) is 0 Å². The van der Waals surface area contributed by atoms with Crippen LogP contribution in [0.4, 0.5) is 5.95 Å². The van der Waals surface area contributed by atoms with Crippen LogP contribution in [-0.2, 0) is 22.2 Å². The maximum Gasteiger partial charge on any atom is 0.226 e. The van der Waals surface area contributed by atoms with Gasteiger partial charge in [0.05, 0.1) is 12.6 Å². The highest BCUT2D eigenvalue weighted by Crippen LogP contribution is 2.21. The van der Waals surface area contributed by atoms with Gasteiger partial charge >= 0.3 is 0 Å². The number of primary sulfonamides is 1. The highest BCUT2D eigenvalue weighted by Gasteiger charge is 2.17. The zero-order valence-corrected chi connectivity index (χ0v) is 18.4. The monoisotopic (exact) mass is 441 g/mol. The van der Waals surface area contributed by atoms with Gasteiger partial charge in [-0.15, -0.1) is 0 Å². The molecular formula is C19H28ClN5O3S. The number of nitrogens with two attached hydrogens (primary N) is 1. The number of aromatic nitrogens is 3. The van der Waals surface area contributed by atoms with Crippen LogP contribution in [-0.4, -0.2) is 41.1 Å². The predicted octanol–water partition coefficient (Wildman–Crippen LogP) is 2.48. The standard InChI is InChI=1S/C19H28ClN5O3S/c1-12(2)8-16(10-26)22-19-24-17(23-18(25-19)11-29(21,27)28)9-13(3)14-4-6-15(20)7-5-14/h4-7,12-13,16,26H,8-11H2,1-3H3,(H2,21,27,28)(H,22,23,24,25)/t13-,16+/m0/s1. The summed E-state index contributed by atoms with van der Waals surface area (Å²) in [6, 6.07) is 7.25. The zero-order chi connectivity index (χ0) is 21.6. The number of hydrogen-bond acceptors (Lipinski definition) is 7. The Bertz CT molecular complexity index is 907. The first kappa shape index (κ1) is 23.5. The molecule has 0 spiro atoms. The van der Waals surface area contributed by atoms with Gasteiger partial charge in [0.2, 0.25) is 16.0 Å². The van der Waals surface area contributed by atoms with Gasteiger partial charge in [-0.1, -0.05) is 44.5 Å². The summed E-state index contributed by atoms with van der Waals surface area (Å²) in [5.41, 5.74) is 1.06. The first-order valence-corrected chi connectivity index (χ1v) is 11.5. The Hall–Kier alpha value is -1.81. The Kier molecular flexibility index (Phi) is 8.33. The average molecular weight is 442 g/mol. The lowest BCUT2D eigenvalue weighted by atomic mass is 9.97. The predicted molar refractivity (Wildman–Crippen MR) is 114 cm³/mol. The third-order valence-electron chi connectivity index (χ3n) is 4.30. The van der Waals surface area contributed by atoms with E-state index in [-0.39, 0.29) is 30.3 Å². The van der Waals surface area contributed by atoms with Crippen molar-refractivity contribution in [1.29, 1.82) is 0 Å². The van der Waals surface area contributed by atoms with Crippen LogP contribution in [0.2, 0.25) is 5.02 Å². The number of hydrogen-bond donors (Lipinski definition) is 3. The van der Waals surface area contributed by atoms with E-state index in [1.165, 1.54) is 0 Å². The van der Waals surface area contributed by atoms with Gasteiger partial charge in [0.15, 0.2) is 5.82 Å². The second kappa shape index (κ2) is 10.3. The van der Waals surface area contributed by atoms with Crippen molar-refractivity contribution in [2.45, 2.75) is 51.3 Å². The molecule has 29 heavy (non-hydrogen) atoms. The van der Waals surface area contributed by atoms with E-state index < -0.39 is 15.8 Å². The molecule has 0 saturated heterocycles. The second-order valence-electron chi connectivity index (χ2n) is 7.61.